The average molecular weight is 468 g/mol. The van der Waals surface area contributed by atoms with Crippen molar-refractivity contribution in [2.24, 2.45) is 0 Å². The Hall–Kier alpha value is -3.81. The van der Waals surface area contributed by atoms with Crippen molar-refractivity contribution in [1.29, 1.82) is 0 Å². The third-order valence-corrected chi connectivity index (χ3v) is 4.88. The third kappa shape index (κ3) is 7.37. The summed E-state index contributed by atoms with van der Waals surface area (Å²) in [6.07, 6.45) is 0.768. The number of aryl methyl sites for hydroxylation is 1. The Bertz CT molecular complexity index is 1030. The third-order valence-electron chi connectivity index (χ3n) is 4.88. The number of rotatable bonds is 8. The van der Waals surface area contributed by atoms with Crippen LogP contribution in [0.4, 0.5) is 10.5 Å². The predicted molar refractivity (Wildman–Crippen MR) is 131 cm³/mol. The molecule has 0 aliphatic heterocycles. The van der Waals surface area contributed by atoms with E-state index in [0.717, 1.165) is 5.56 Å². The molecule has 0 fully saturated rings. The van der Waals surface area contributed by atoms with E-state index in [1.54, 1.807) is 45.0 Å². The molecule has 0 spiro atoms. The van der Waals surface area contributed by atoms with Gasteiger partial charge in [0.05, 0.1) is 0 Å². The van der Waals surface area contributed by atoms with Gasteiger partial charge in [0.25, 0.3) is 5.91 Å². The zero-order valence-electron chi connectivity index (χ0n) is 20.3. The summed E-state index contributed by atoms with van der Waals surface area (Å²) in [5, 5.41) is 15.1. The minimum atomic E-state index is -1.05. The number of para-hydroxylation sites is 1. The number of benzene rings is 2. The van der Waals surface area contributed by atoms with Gasteiger partial charge in [0.1, 0.15) is 23.4 Å². The van der Waals surface area contributed by atoms with E-state index in [9.17, 15) is 19.5 Å². The van der Waals surface area contributed by atoms with Crippen molar-refractivity contribution < 1.29 is 24.2 Å². The number of amides is 3. The van der Waals surface area contributed by atoms with Gasteiger partial charge in [-0.15, -0.1) is 6.58 Å². The van der Waals surface area contributed by atoms with Crippen molar-refractivity contribution in [3.05, 3.63) is 72.3 Å². The number of anilines is 1. The number of phenols is 1. The fraction of sp³-hybridized carbons (Fsp3) is 0.346. The first kappa shape index (κ1) is 26.4. The number of ether oxygens (including phenoxy) is 1. The monoisotopic (exact) mass is 467 g/mol. The van der Waals surface area contributed by atoms with Gasteiger partial charge in [-0.25, -0.2) is 4.79 Å². The Morgan fingerprint density at radius 1 is 1.12 bits per heavy atom. The molecule has 3 N–H and O–H groups in total. The first-order chi connectivity index (χ1) is 15.9. The summed E-state index contributed by atoms with van der Waals surface area (Å²) in [5.74, 6) is -0.910. The topological polar surface area (TPSA) is 108 Å². The summed E-state index contributed by atoms with van der Waals surface area (Å²) in [7, 11) is 0. The second-order valence-corrected chi connectivity index (χ2v) is 8.95. The molecule has 8 heteroatoms. The molecule has 0 aliphatic rings. The van der Waals surface area contributed by atoms with E-state index < -0.39 is 35.6 Å². The Labute approximate surface area is 200 Å². The maximum atomic E-state index is 13.5. The van der Waals surface area contributed by atoms with E-state index in [1.807, 2.05) is 19.1 Å². The van der Waals surface area contributed by atoms with Gasteiger partial charge in [-0.3, -0.25) is 9.59 Å². The zero-order chi connectivity index (χ0) is 25.5. The fourth-order valence-electron chi connectivity index (χ4n) is 3.30. The van der Waals surface area contributed by atoms with Crippen molar-refractivity contribution in [2.45, 2.75) is 52.3 Å². The number of carbonyl (C=O) groups is 3. The van der Waals surface area contributed by atoms with Crippen LogP contribution < -0.4 is 10.6 Å². The molecule has 0 heterocycles. The predicted octanol–water partition coefficient (Wildman–Crippen LogP) is 4.31. The maximum absolute atomic E-state index is 13.5. The molecule has 0 saturated heterocycles. The highest BCUT2D eigenvalue weighted by atomic mass is 16.6. The number of carbonyl (C=O) groups excluding carboxylic acids is 3. The van der Waals surface area contributed by atoms with Gasteiger partial charge in [0.2, 0.25) is 5.91 Å². The zero-order valence-corrected chi connectivity index (χ0v) is 20.3. The number of hydrogen-bond donors (Lipinski definition) is 3. The molecule has 0 aliphatic carbocycles. The molecule has 2 aromatic carbocycles. The lowest BCUT2D eigenvalue weighted by Gasteiger charge is -2.33. The van der Waals surface area contributed by atoms with Crippen LogP contribution in [0.5, 0.6) is 5.75 Å². The molecule has 2 atom stereocenters. The van der Waals surface area contributed by atoms with Crippen molar-refractivity contribution >= 4 is 23.6 Å². The van der Waals surface area contributed by atoms with Gasteiger partial charge in [0.15, 0.2) is 0 Å². The van der Waals surface area contributed by atoms with Crippen LogP contribution in [0.1, 0.15) is 44.9 Å². The molecular formula is C26H33N3O5. The quantitative estimate of drug-likeness (QED) is 0.502. The molecule has 0 aromatic heterocycles. The van der Waals surface area contributed by atoms with Gasteiger partial charge >= 0.3 is 6.09 Å². The second-order valence-electron chi connectivity index (χ2n) is 8.95. The van der Waals surface area contributed by atoms with E-state index in [0.29, 0.717) is 11.3 Å². The van der Waals surface area contributed by atoms with E-state index in [2.05, 4.69) is 17.2 Å². The Morgan fingerprint density at radius 3 is 2.29 bits per heavy atom. The van der Waals surface area contributed by atoms with Crippen LogP contribution in [0, 0.1) is 6.92 Å². The molecule has 0 saturated carbocycles. The van der Waals surface area contributed by atoms with Crippen LogP contribution in [0.25, 0.3) is 0 Å². The van der Waals surface area contributed by atoms with E-state index >= 15 is 0 Å². The SMILES string of the molecule is C=CCN(C(=O)C(C)NC(=O)OC(C)(C)C)C(C(=O)Nc1ccccc1C)c1ccc(O)cc1. The fourth-order valence-corrected chi connectivity index (χ4v) is 3.30. The lowest BCUT2D eigenvalue weighted by molar-refractivity contribution is -0.139. The average Bonchev–Trinajstić information content (AvgIpc) is 2.74. The van der Waals surface area contributed by atoms with E-state index in [1.165, 1.54) is 30.0 Å². The van der Waals surface area contributed by atoms with Crippen LogP contribution in [0.15, 0.2) is 61.2 Å². The molecule has 182 valence electrons. The summed E-state index contributed by atoms with van der Waals surface area (Å²) in [5.41, 5.74) is 1.24. The van der Waals surface area contributed by atoms with Crippen LogP contribution in [-0.2, 0) is 14.3 Å². The van der Waals surface area contributed by atoms with Crippen molar-refractivity contribution in [3.8, 4) is 5.75 Å². The number of alkyl carbamates (subject to hydrolysis) is 1. The molecule has 0 bridgehead atoms. The van der Waals surface area contributed by atoms with Crippen LogP contribution in [0.2, 0.25) is 0 Å². The first-order valence-electron chi connectivity index (χ1n) is 11.0. The Balaban J connectivity index is 2.39. The second kappa shape index (κ2) is 11.4. The molecular weight excluding hydrogens is 434 g/mol. The van der Waals surface area contributed by atoms with Gasteiger partial charge in [-0.1, -0.05) is 36.4 Å². The summed E-state index contributed by atoms with van der Waals surface area (Å²) >= 11 is 0. The van der Waals surface area contributed by atoms with Gasteiger partial charge < -0.3 is 25.4 Å². The standard InChI is InChI=1S/C26H33N3O5/c1-7-16-29(24(32)18(3)27-25(33)34-26(4,5)6)22(19-12-14-20(30)15-13-19)23(31)28-21-11-9-8-10-17(21)2/h7-15,18,22,30H,1,16H2,2-6H3,(H,27,33)(H,28,31). The highest BCUT2D eigenvalue weighted by molar-refractivity contribution is 5.99. The normalized spacial score (nSPS) is 12.7. The highest BCUT2D eigenvalue weighted by Gasteiger charge is 2.34. The van der Waals surface area contributed by atoms with E-state index in [4.69, 9.17) is 4.74 Å². The van der Waals surface area contributed by atoms with Crippen LogP contribution in [-0.4, -0.2) is 46.1 Å². The molecule has 8 nitrogen and oxygen atoms in total. The van der Waals surface area contributed by atoms with Crippen molar-refractivity contribution in [2.75, 3.05) is 11.9 Å². The molecule has 2 rings (SSSR count). The molecule has 3 amide bonds. The maximum Gasteiger partial charge on any atom is 0.408 e. The molecule has 34 heavy (non-hydrogen) atoms. The van der Waals surface area contributed by atoms with Crippen LogP contribution >= 0.6 is 0 Å². The largest absolute Gasteiger partial charge is 0.508 e. The smallest absolute Gasteiger partial charge is 0.408 e. The van der Waals surface area contributed by atoms with Crippen molar-refractivity contribution in [1.82, 2.24) is 10.2 Å². The summed E-state index contributed by atoms with van der Waals surface area (Å²) < 4.78 is 5.25. The van der Waals surface area contributed by atoms with Crippen LogP contribution in [0.3, 0.4) is 0 Å². The lowest BCUT2D eigenvalue weighted by Crippen LogP contribution is -2.51. The summed E-state index contributed by atoms with van der Waals surface area (Å²) in [6, 6.07) is 11.3. The van der Waals surface area contributed by atoms with Gasteiger partial charge in [0, 0.05) is 12.2 Å². The van der Waals surface area contributed by atoms with E-state index in [-0.39, 0.29) is 12.3 Å². The minimum Gasteiger partial charge on any atom is -0.508 e. The number of phenolic OH excluding ortho intramolecular Hbond substituents is 1. The molecule has 0 radical (unpaired) electrons. The first-order valence-corrected chi connectivity index (χ1v) is 11.0. The molecule has 2 aromatic rings. The molecule has 2 unspecified atom stereocenters. The van der Waals surface area contributed by atoms with Gasteiger partial charge in [-0.2, -0.15) is 0 Å². The summed E-state index contributed by atoms with van der Waals surface area (Å²) in [4.78, 5) is 40.4. The Kier molecular flexibility index (Phi) is 8.83. The number of nitrogens with zero attached hydrogens (tertiary/aromatic N) is 1. The van der Waals surface area contributed by atoms with Crippen molar-refractivity contribution in [3.63, 3.8) is 0 Å². The lowest BCUT2D eigenvalue weighted by atomic mass is 10.0. The number of aromatic hydroxyl groups is 1. The summed E-state index contributed by atoms with van der Waals surface area (Å²) in [6.45, 7) is 12.3. The highest BCUT2D eigenvalue weighted by Crippen LogP contribution is 2.26. The number of hydrogen-bond acceptors (Lipinski definition) is 5. The Morgan fingerprint density at radius 2 is 1.74 bits per heavy atom. The minimum absolute atomic E-state index is 0.0309. The number of nitrogens with one attached hydrogen (secondary N) is 2. The van der Waals surface area contributed by atoms with Gasteiger partial charge in [-0.05, 0) is 63.9 Å².